The van der Waals surface area contributed by atoms with Crippen LogP contribution in [0.3, 0.4) is 0 Å². The van der Waals surface area contributed by atoms with Gasteiger partial charge in [0, 0.05) is 11.1 Å². The van der Waals surface area contributed by atoms with E-state index >= 15 is 0 Å². The van der Waals surface area contributed by atoms with Crippen LogP contribution in [0.15, 0.2) is 36.4 Å². The molecule has 2 aromatic carbocycles. The Morgan fingerprint density at radius 2 is 1.41 bits per heavy atom. The van der Waals surface area contributed by atoms with E-state index in [0.29, 0.717) is 6.29 Å². The van der Waals surface area contributed by atoms with Gasteiger partial charge in [0.05, 0.1) is 0 Å². The second-order valence-corrected chi connectivity index (χ2v) is 3.47. The summed E-state index contributed by atoms with van der Waals surface area (Å²) < 4.78 is 39.6. The van der Waals surface area contributed by atoms with Crippen molar-refractivity contribution in [1.29, 1.82) is 0 Å². The minimum Gasteiger partial charge on any atom is -0.298 e. The summed E-state index contributed by atoms with van der Waals surface area (Å²) in [5.41, 5.74) is 0.0134. The summed E-state index contributed by atoms with van der Waals surface area (Å²) in [6, 6.07) is 6.13. The zero-order valence-electron chi connectivity index (χ0n) is 8.58. The van der Waals surface area contributed by atoms with Crippen molar-refractivity contribution >= 4 is 6.29 Å². The third-order valence-corrected chi connectivity index (χ3v) is 2.36. The molecule has 4 heteroatoms. The number of rotatable bonds is 2. The SMILES string of the molecule is O=Cc1ccc(F)cc1-c1cc(F)ccc1F. The second kappa shape index (κ2) is 4.41. The molecule has 0 aliphatic heterocycles. The Labute approximate surface area is 95.5 Å². The summed E-state index contributed by atoms with van der Waals surface area (Å²) in [5.74, 6) is -1.98. The van der Waals surface area contributed by atoms with E-state index in [9.17, 15) is 18.0 Å². The summed E-state index contributed by atoms with van der Waals surface area (Å²) in [7, 11) is 0. The lowest BCUT2D eigenvalue weighted by atomic mass is 9.99. The smallest absolute Gasteiger partial charge is 0.150 e. The van der Waals surface area contributed by atoms with Crippen LogP contribution in [0.5, 0.6) is 0 Å². The first-order chi connectivity index (χ1) is 8.11. The van der Waals surface area contributed by atoms with Gasteiger partial charge in [-0.15, -0.1) is 0 Å². The average Bonchev–Trinajstić information content (AvgIpc) is 2.32. The molecule has 0 radical (unpaired) electrons. The van der Waals surface area contributed by atoms with Crippen LogP contribution in [0.1, 0.15) is 10.4 Å². The third-order valence-electron chi connectivity index (χ3n) is 2.36. The molecule has 1 nitrogen and oxygen atoms in total. The summed E-state index contributed by atoms with van der Waals surface area (Å²) in [6.45, 7) is 0. The van der Waals surface area contributed by atoms with Crippen LogP contribution in [0.25, 0.3) is 11.1 Å². The molecule has 2 rings (SSSR count). The van der Waals surface area contributed by atoms with Crippen molar-refractivity contribution in [2.45, 2.75) is 0 Å². The molecule has 0 heterocycles. The van der Waals surface area contributed by atoms with Gasteiger partial charge in [-0.05, 0) is 42.0 Å². The Bertz CT molecular complexity index is 579. The summed E-state index contributed by atoms with van der Waals surface area (Å²) in [4.78, 5) is 10.8. The van der Waals surface area contributed by atoms with E-state index in [1.807, 2.05) is 0 Å². The number of benzene rings is 2. The summed E-state index contributed by atoms with van der Waals surface area (Å²) in [5, 5.41) is 0. The molecular formula is C13H7F3O. The zero-order valence-corrected chi connectivity index (χ0v) is 8.58. The first-order valence-corrected chi connectivity index (χ1v) is 4.82. The highest BCUT2D eigenvalue weighted by Gasteiger charge is 2.11. The van der Waals surface area contributed by atoms with Gasteiger partial charge in [-0.2, -0.15) is 0 Å². The van der Waals surface area contributed by atoms with E-state index in [2.05, 4.69) is 0 Å². The fourth-order valence-corrected chi connectivity index (χ4v) is 1.57. The molecule has 0 aliphatic carbocycles. The van der Waals surface area contributed by atoms with Gasteiger partial charge in [0.1, 0.15) is 17.5 Å². The van der Waals surface area contributed by atoms with Gasteiger partial charge in [-0.1, -0.05) is 0 Å². The van der Waals surface area contributed by atoms with Crippen molar-refractivity contribution in [2.75, 3.05) is 0 Å². The molecule has 86 valence electrons. The largest absolute Gasteiger partial charge is 0.298 e. The maximum atomic E-state index is 13.5. The molecule has 0 aromatic heterocycles. The van der Waals surface area contributed by atoms with Crippen LogP contribution >= 0.6 is 0 Å². The molecule has 0 saturated heterocycles. The van der Waals surface area contributed by atoms with Crippen LogP contribution in [-0.2, 0) is 0 Å². The highest BCUT2D eigenvalue weighted by molar-refractivity contribution is 5.87. The van der Waals surface area contributed by atoms with Crippen molar-refractivity contribution in [3.05, 3.63) is 59.4 Å². The van der Waals surface area contributed by atoms with Gasteiger partial charge >= 0.3 is 0 Å². The quantitative estimate of drug-likeness (QED) is 0.728. The van der Waals surface area contributed by atoms with Gasteiger partial charge in [-0.25, -0.2) is 13.2 Å². The molecule has 0 bridgehead atoms. The number of carbonyl (C=O) groups is 1. The Balaban J connectivity index is 2.70. The van der Waals surface area contributed by atoms with Gasteiger partial charge < -0.3 is 0 Å². The Morgan fingerprint density at radius 1 is 0.824 bits per heavy atom. The molecule has 0 unspecified atom stereocenters. The predicted molar refractivity (Wildman–Crippen MR) is 57.1 cm³/mol. The van der Waals surface area contributed by atoms with E-state index in [-0.39, 0.29) is 16.7 Å². The maximum absolute atomic E-state index is 13.5. The van der Waals surface area contributed by atoms with E-state index in [1.54, 1.807) is 0 Å². The molecule has 0 aliphatic rings. The van der Waals surface area contributed by atoms with Crippen LogP contribution in [-0.4, -0.2) is 6.29 Å². The van der Waals surface area contributed by atoms with Gasteiger partial charge in [-0.3, -0.25) is 4.79 Å². The lowest BCUT2D eigenvalue weighted by molar-refractivity contribution is 0.112. The highest BCUT2D eigenvalue weighted by atomic mass is 19.1. The lowest BCUT2D eigenvalue weighted by Crippen LogP contribution is -1.93. The summed E-state index contributed by atoms with van der Waals surface area (Å²) in [6.07, 6.45) is 0.471. The van der Waals surface area contributed by atoms with E-state index < -0.39 is 17.5 Å². The zero-order chi connectivity index (χ0) is 12.4. The van der Waals surface area contributed by atoms with Crippen molar-refractivity contribution < 1.29 is 18.0 Å². The fourth-order valence-electron chi connectivity index (χ4n) is 1.57. The van der Waals surface area contributed by atoms with Gasteiger partial charge in [0.15, 0.2) is 6.29 Å². The standard InChI is InChI=1S/C13H7F3O/c14-9-2-1-8(7-17)11(5-9)12-6-10(15)3-4-13(12)16/h1-7H. The molecule has 0 N–H and O–H groups in total. The van der Waals surface area contributed by atoms with Crippen LogP contribution in [0.4, 0.5) is 13.2 Å². The lowest BCUT2D eigenvalue weighted by Gasteiger charge is -2.06. The van der Waals surface area contributed by atoms with Crippen molar-refractivity contribution in [2.24, 2.45) is 0 Å². The van der Waals surface area contributed by atoms with Crippen molar-refractivity contribution in [1.82, 2.24) is 0 Å². The van der Waals surface area contributed by atoms with Gasteiger partial charge in [0.2, 0.25) is 0 Å². The van der Waals surface area contributed by atoms with Crippen LogP contribution in [0, 0.1) is 17.5 Å². The third kappa shape index (κ3) is 2.20. The molecule has 0 spiro atoms. The molecule has 0 amide bonds. The normalized spacial score (nSPS) is 10.3. The Hall–Kier alpha value is -2.10. The molecule has 0 saturated carbocycles. The van der Waals surface area contributed by atoms with Gasteiger partial charge in [0.25, 0.3) is 0 Å². The Kier molecular flexibility index (Phi) is 2.95. The monoisotopic (exact) mass is 236 g/mol. The van der Waals surface area contributed by atoms with E-state index in [0.717, 1.165) is 30.3 Å². The topological polar surface area (TPSA) is 17.1 Å². The second-order valence-electron chi connectivity index (χ2n) is 3.47. The Morgan fingerprint density at radius 3 is 2.06 bits per heavy atom. The minimum absolute atomic E-state index is 0.0389. The number of hydrogen-bond donors (Lipinski definition) is 0. The number of aldehydes is 1. The maximum Gasteiger partial charge on any atom is 0.150 e. The fraction of sp³-hybridized carbons (Fsp3) is 0. The summed E-state index contributed by atoms with van der Waals surface area (Å²) >= 11 is 0. The number of carbonyl (C=O) groups excluding carboxylic acids is 1. The average molecular weight is 236 g/mol. The number of hydrogen-bond acceptors (Lipinski definition) is 1. The first kappa shape index (κ1) is 11.4. The number of halogens is 3. The molecule has 2 aromatic rings. The molecular weight excluding hydrogens is 229 g/mol. The van der Waals surface area contributed by atoms with E-state index in [1.165, 1.54) is 6.07 Å². The highest BCUT2D eigenvalue weighted by Crippen LogP contribution is 2.27. The molecule has 0 atom stereocenters. The minimum atomic E-state index is -0.708. The van der Waals surface area contributed by atoms with Crippen molar-refractivity contribution in [3.63, 3.8) is 0 Å². The van der Waals surface area contributed by atoms with Crippen LogP contribution in [0.2, 0.25) is 0 Å². The molecule has 17 heavy (non-hydrogen) atoms. The van der Waals surface area contributed by atoms with E-state index in [4.69, 9.17) is 0 Å². The predicted octanol–water partition coefficient (Wildman–Crippen LogP) is 3.58. The molecule has 0 fully saturated rings. The first-order valence-electron chi connectivity index (χ1n) is 4.82. The van der Waals surface area contributed by atoms with Crippen molar-refractivity contribution in [3.8, 4) is 11.1 Å². The van der Waals surface area contributed by atoms with Crippen LogP contribution < -0.4 is 0 Å².